The highest BCUT2D eigenvalue weighted by Gasteiger charge is 2.15. The number of benzene rings is 3. The molecule has 0 spiro atoms. The van der Waals surface area contributed by atoms with Gasteiger partial charge in [0.15, 0.2) is 11.5 Å². The summed E-state index contributed by atoms with van der Waals surface area (Å²) in [4.78, 5) is 24.4. The van der Waals surface area contributed by atoms with E-state index < -0.39 is 11.8 Å². The van der Waals surface area contributed by atoms with E-state index in [0.29, 0.717) is 40.4 Å². The predicted molar refractivity (Wildman–Crippen MR) is 141 cm³/mol. The lowest BCUT2D eigenvalue weighted by molar-refractivity contribution is -0.136. The summed E-state index contributed by atoms with van der Waals surface area (Å²) >= 11 is 3.54. The number of amides is 2. The largest absolute Gasteiger partial charge is 0.490 e. The Hall–Kier alpha value is -3.65. The average molecular weight is 538 g/mol. The highest BCUT2D eigenvalue weighted by Crippen LogP contribution is 2.37. The van der Waals surface area contributed by atoms with Crippen molar-refractivity contribution < 1.29 is 19.1 Å². The van der Waals surface area contributed by atoms with Crippen LogP contribution < -0.4 is 20.2 Å². The molecular formula is C27H28BrN3O4. The Morgan fingerprint density at radius 2 is 1.69 bits per heavy atom. The average Bonchev–Trinajstić information content (AvgIpc) is 2.85. The molecule has 2 N–H and O–H groups in total. The number of carbonyl (C=O) groups is 2. The molecule has 7 nitrogen and oxygen atoms in total. The van der Waals surface area contributed by atoms with Crippen LogP contribution in [0.5, 0.6) is 11.5 Å². The van der Waals surface area contributed by atoms with E-state index in [1.165, 1.54) is 6.21 Å². The van der Waals surface area contributed by atoms with E-state index in [2.05, 4.69) is 31.8 Å². The van der Waals surface area contributed by atoms with Crippen molar-refractivity contribution in [3.05, 3.63) is 87.4 Å². The molecule has 0 aromatic heterocycles. The van der Waals surface area contributed by atoms with E-state index in [9.17, 15) is 9.59 Å². The number of para-hydroxylation sites is 1. The number of nitrogens with zero attached hydrogens (tertiary/aromatic N) is 1. The number of nitrogens with one attached hydrogen (secondary N) is 2. The number of hydrogen-bond acceptors (Lipinski definition) is 5. The summed E-state index contributed by atoms with van der Waals surface area (Å²) < 4.78 is 12.5. The third-order valence-electron chi connectivity index (χ3n) is 5.20. The topological polar surface area (TPSA) is 89.0 Å². The Kier molecular flexibility index (Phi) is 9.43. The van der Waals surface area contributed by atoms with Gasteiger partial charge in [-0.1, -0.05) is 49.4 Å². The Balaban J connectivity index is 1.67. The molecule has 182 valence electrons. The van der Waals surface area contributed by atoms with Gasteiger partial charge in [0.2, 0.25) is 0 Å². The second kappa shape index (κ2) is 12.7. The summed E-state index contributed by atoms with van der Waals surface area (Å²) in [6.45, 7) is 6.74. The van der Waals surface area contributed by atoms with Gasteiger partial charge in [0.05, 0.1) is 17.3 Å². The first-order valence-corrected chi connectivity index (χ1v) is 12.1. The zero-order valence-corrected chi connectivity index (χ0v) is 21.5. The van der Waals surface area contributed by atoms with Crippen molar-refractivity contribution in [2.45, 2.75) is 33.8 Å². The van der Waals surface area contributed by atoms with Crippen molar-refractivity contribution in [2.24, 2.45) is 5.10 Å². The highest BCUT2D eigenvalue weighted by atomic mass is 79.9. The summed E-state index contributed by atoms with van der Waals surface area (Å²) in [6, 6.07) is 18.9. The lowest BCUT2D eigenvalue weighted by atomic mass is 10.1. The fourth-order valence-electron chi connectivity index (χ4n) is 3.33. The monoisotopic (exact) mass is 537 g/mol. The molecule has 0 atom stereocenters. The van der Waals surface area contributed by atoms with Crippen molar-refractivity contribution in [1.29, 1.82) is 0 Å². The quantitative estimate of drug-likeness (QED) is 0.217. The molecule has 0 aliphatic carbocycles. The first-order chi connectivity index (χ1) is 16.9. The maximum Gasteiger partial charge on any atom is 0.329 e. The van der Waals surface area contributed by atoms with Crippen LogP contribution in [0, 0.1) is 6.92 Å². The number of rotatable bonds is 9. The maximum absolute atomic E-state index is 12.2. The molecule has 2 amide bonds. The SMILES string of the molecule is CCOc1cc(C=NNC(=O)C(=O)Nc2ccccc2CC)cc(Br)c1OCc1ccccc1C. The normalized spacial score (nSPS) is 10.7. The smallest absolute Gasteiger partial charge is 0.329 e. The first kappa shape index (κ1) is 26.0. The molecule has 0 aliphatic heterocycles. The number of ether oxygens (including phenoxy) is 2. The summed E-state index contributed by atoms with van der Waals surface area (Å²) in [6.07, 6.45) is 2.17. The number of carbonyl (C=O) groups excluding carboxylic acids is 2. The minimum atomic E-state index is -0.866. The van der Waals surface area contributed by atoms with Crippen LogP contribution in [-0.4, -0.2) is 24.6 Å². The number of hydrogen-bond donors (Lipinski definition) is 2. The van der Waals surface area contributed by atoms with Gasteiger partial charge in [-0.3, -0.25) is 9.59 Å². The molecule has 0 saturated heterocycles. The Morgan fingerprint density at radius 1 is 0.971 bits per heavy atom. The number of hydrazone groups is 1. The van der Waals surface area contributed by atoms with Gasteiger partial charge >= 0.3 is 11.8 Å². The van der Waals surface area contributed by atoms with Crippen LogP contribution in [0.2, 0.25) is 0 Å². The fourth-order valence-corrected chi connectivity index (χ4v) is 3.91. The van der Waals surface area contributed by atoms with E-state index in [-0.39, 0.29) is 0 Å². The van der Waals surface area contributed by atoms with Crippen LogP contribution >= 0.6 is 15.9 Å². The molecule has 0 heterocycles. The van der Waals surface area contributed by atoms with E-state index in [1.807, 2.05) is 57.2 Å². The molecule has 0 unspecified atom stereocenters. The Labute approximate surface area is 213 Å². The van der Waals surface area contributed by atoms with Gasteiger partial charge in [0, 0.05) is 5.69 Å². The Bertz CT molecular complexity index is 1230. The fraction of sp³-hybridized carbons (Fsp3) is 0.222. The van der Waals surface area contributed by atoms with Crippen molar-refractivity contribution in [3.63, 3.8) is 0 Å². The predicted octanol–water partition coefficient (Wildman–Crippen LogP) is 5.39. The lowest BCUT2D eigenvalue weighted by Gasteiger charge is -2.15. The molecule has 0 saturated carbocycles. The molecule has 0 fully saturated rings. The zero-order chi connectivity index (χ0) is 25.2. The second-order valence-corrected chi connectivity index (χ2v) is 8.50. The van der Waals surface area contributed by atoms with Gasteiger partial charge in [-0.05, 0) is 76.7 Å². The van der Waals surface area contributed by atoms with E-state index >= 15 is 0 Å². The number of anilines is 1. The van der Waals surface area contributed by atoms with E-state index in [4.69, 9.17) is 9.47 Å². The van der Waals surface area contributed by atoms with Gasteiger partial charge < -0.3 is 14.8 Å². The Morgan fingerprint density at radius 3 is 2.40 bits per heavy atom. The zero-order valence-electron chi connectivity index (χ0n) is 19.9. The summed E-state index contributed by atoms with van der Waals surface area (Å²) in [5.74, 6) is -0.545. The minimum absolute atomic E-state index is 0.394. The first-order valence-electron chi connectivity index (χ1n) is 11.3. The molecule has 3 aromatic carbocycles. The molecule has 0 aliphatic rings. The van der Waals surface area contributed by atoms with Crippen LogP contribution in [0.25, 0.3) is 0 Å². The molecule has 0 bridgehead atoms. The van der Waals surface area contributed by atoms with E-state index in [1.54, 1.807) is 24.3 Å². The standard InChI is InChI=1S/C27H28BrN3O4/c1-4-20-11-8-9-13-23(20)30-26(32)27(33)31-29-16-19-14-22(28)25(24(15-19)34-5-2)35-17-21-12-7-6-10-18(21)3/h6-16H,4-5,17H2,1-3H3,(H,30,32)(H,31,33). The lowest BCUT2D eigenvalue weighted by Crippen LogP contribution is -2.32. The van der Waals surface area contributed by atoms with Crippen molar-refractivity contribution in [1.82, 2.24) is 5.43 Å². The molecule has 35 heavy (non-hydrogen) atoms. The van der Waals surface area contributed by atoms with Crippen LogP contribution in [0.1, 0.15) is 36.1 Å². The molecule has 8 heteroatoms. The van der Waals surface area contributed by atoms with Gasteiger partial charge in [-0.15, -0.1) is 0 Å². The van der Waals surface area contributed by atoms with Crippen LogP contribution in [0.15, 0.2) is 70.2 Å². The van der Waals surface area contributed by atoms with Gasteiger partial charge in [-0.2, -0.15) is 5.10 Å². The van der Waals surface area contributed by atoms with Crippen LogP contribution in [-0.2, 0) is 22.6 Å². The summed E-state index contributed by atoms with van der Waals surface area (Å²) in [5, 5.41) is 6.54. The second-order valence-electron chi connectivity index (χ2n) is 7.64. The van der Waals surface area contributed by atoms with Gasteiger partial charge in [0.1, 0.15) is 6.61 Å². The van der Waals surface area contributed by atoms with Gasteiger partial charge in [-0.25, -0.2) is 5.43 Å². The minimum Gasteiger partial charge on any atom is -0.490 e. The van der Waals surface area contributed by atoms with Crippen molar-refractivity contribution in [3.8, 4) is 11.5 Å². The molecule has 3 rings (SSSR count). The van der Waals surface area contributed by atoms with E-state index in [0.717, 1.165) is 23.1 Å². The highest BCUT2D eigenvalue weighted by molar-refractivity contribution is 9.10. The van der Waals surface area contributed by atoms with Crippen LogP contribution in [0.3, 0.4) is 0 Å². The molecule has 3 aromatic rings. The molecular weight excluding hydrogens is 510 g/mol. The third-order valence-corrected chi connectivity index (χ3v) is 5.79. The maximum atomic E-state index is 12.2. The number of halogens is 1. The summed E-state index contributed by atoms with van der Waals surface area (Å²) in [5.41, 5.74) is 6.67. The van der Waals surface area contributed by atoms with Gasteiger partial charge in [0.25, 0.3) is 0 Å². The van der Waals surface area contributed by atoms with Crippen LogP contribution in [0.4, 0.5) is 5.69 Å². The third kappa shape index (κ3) is 7.16. The molecule has 0 radical (unpaired) electrons. The van der Waals surface area contributed by atoms with Crippen molar-refractivity contribution >= 4 is 39.6 Å². The number of aryl methyl sites for hydroxylation is 2. The van der Waals surface area contributed by atoms with Crippen molar-refractivity contribution in [2.75, 3.05) is 11.9 Å². The summed E-state index contributed by atoms with van der Waals surface area (Å²) in [7, 11) is 0.